The van der Waals surface area contributed by atoms with Gasteiger partial charge in [0.25, 0.3) is 0 Å². The van der Waals surface area contributed by atoms with Gasteiger partial charge in [-0.15, -0.1) is 0 Å². The third kappa shape index (κ3) is 3.14. The highest BCUT2D eigenvalue weighted by Gasteiger charge is 2.33. The molecule has 1 N–H and O–H groups in total. The van der Waals surface area contributed by atoms with Crippen LogP contribution >= 0.6 is 0 Å². The molecule has 0 radical (unpaired) electrons. The Labute approximate surface area is 125 Å². The Bertz CT molecular complexity index is 607. The predicted molar refractivity (Wildman–Crippen MR) is 79.0 cm³/mol. The summed E-state index contributed by atoms with van der Waals surface area (Å²) in [5, 5.41) is 14.7. The number of sulfonamides is 1. The molecule has 118 valence electrons. The first-order valence-electron chi connectivity index (χ1n) is 7.74. The van der Waals surface area contributed by atoms with E-state index >= 15 is 0 Å². The van der Waals surface area contributed by atoms with E-state index in [1.807, 2.05) is 17.7 Å². The molecular weight excluding hydrogens is 290 g/mol. The van der Waals surface area contributed by atoms with E-state index in [0.29, 0.717) is 37.7 Å². The molecule has 1 atom stereocenters. The zero-order valence-electron chi connectivity index (χ0n) is 12.4. The molecule has 0 spiro atoms. The summed E-state index contributed by atoms with van der Waals surface area (Å²) >= 11 is 0. The summed E-state index contributed by atoms with van der Waals surface area (Å²) in [6.07, 6.45) is 3.01. The van der Waals surface area contributed by atoms with E-state index in [4.69, 9.17) is 0 Å². The second kappa shape index (κ2) is 5.70. The van der Waals surface area contributed by atoms with E-state index in [1.165, 1.54) is 0 Å². The Hall–Kier alpha value is -0.920. The lowest BCUT2D eigenvalue weighted by atomic mass is 10.1. The van der Waals surface area contributed by atoms with Crippen molar-refractivity contribution in [2.24, 2.45) is 5.92 Å². The molecule has 0 amide bonds. The van der Waals surface area contributed by atoms with E-state index in [0.717, 1.165) is 25.0 Å². The number of nitrogens with zero attached hydrogens (tertiary/aromatic N) is 3. The average molecular weight is 313 g/mol. The van der Waals surface area contributed by atoms with Crippen LogP contribution in [0.25, 0.3) is 0 Å². The molecule has 1 fully saturated rings. The second-order valence-corrected chi connectivity index (χ2v) is 8.16. The molecule has 0 aromatic carbocycles. The molecule has 0 bridgehead atoms. The van der Waals surface area contributed by atoms with Crippen molar-refractivity contribution in [3.63, 3.8) is 0 Å². The Kier molecular flexibility index (Phi) is 4.07. The number of aliphatic hydroxyl groups excluding tert-OH is 1. The summed E-state index contributed by atoms with van der Waals surface area (Å²) in [5.41, 5.74) is 1.59. The summed E-state index contributed by atoms with van der Waals surface area (Å²) < 4.78 is 27.9. The molecule has 0 unspecified atom stereocenters. The maximum atomic E-state index is 12.3. The van der Waals surface area contributed by atoms with Gasteiger partial charge < -0.3 is 5.11 Å². The normalized spacial score (nSPS) is 21.8. The van der Waals surface area contributed by atoms with Crippen molar-refractivity contribution >= 4 is 10.0 Å². The van der Waals surface area contributed by atoms with Gasteiger partial charge in [0.1, 0.15) is 6.10 Å². The molecule has 1 aromatic rings. The van der Waals surface area contributed by atoms with E-state index in [2.05, 4.69) is 5.10 Å². The Morgan fingerprint density at radius 3 is 2.86 bits per heavy atom. The van der Waals surface area contributed by atoms with Gasteiger partial charge in [-0.3, -0.25) is 4.68 Å². The number of hydrogen-bond donors (Lipinski definition) is 1. The Morgan fingerprint density at radius 1 is 1.43 bits per heavy atom. The third-order valence-corrected chi connectivity index (χ3v) is 6.25. The topological polar surface area (TPSA) is 75.4 Å². The number of hydrogen-bond acceptors (Lipinski definition) is 4. The number of aromatic nitrogens is 2. The van der Waals surface area contributed by atoms with Gasteiger partial charge in [0.05, 0.1) is 23.7 Å². The van der Waals surface area contributed by atoms with Gasteiger partial charge in [-0.05, 0) is 37.7 Å². The zero-order valence-corrected chi connectivity index (χ0v) is 13.2. The van der Waals surface area contributed by atoms with Crippen LogP contribution in [-0.2, 0) is 23.1 Å². The Morgan fingerprint density at radius 2 is 2.19 bits per heavy atom. The van der Waals surface area contributed by atoms with E-state index in [9.17, 15) is 13.5 Å². The van der Waals surface area contributed by atoms with Crippen LogP contribution in [0.1, 0.15) is 50.1 Å². The Balaban J connectivity index is 1.81. The van der Waals surface area contributed by atoms with Gasteiger partial charge in [-0.25, -0.2) is 8.42 Å². The monoisotopic (exact) mass is 313 g/mol. The fourth-order valence-electron chi connectivity index (χ4n) is 2.88. The van der Waals surface area contributed by atoms with Crippen LogP contribution in [0.2, 0.25) is 0 Å². The highest BCUT2D eigenvalue weighted by atomic mass is 32.2. The molecule has 1 saturated carbocycles. The fraction of sp³-hybridized carbons (Fsp3) is 0.786. The highest BCUT2D eigenvalue weighted by Crippen LogP contribution is 2.40. The van der Waals surface area contributed by atoms with E-state index in [1.54, 1.807) is 4.31 Å². The summed E-state index contributed by atoms with van der Waals surface area (Å²) in [6.45, 7) is 3.51. The van der Waals surface area contributed by atoms with Crippen LogP contribution in [0.4, 0.5) is 0 Å². The van der Waals surface area contributed by atoms with Crippen molar-refractivity contribution in [2.75, 3.05) is 12.3 Å². The summed E-state index contributed by atoms with van der Waals surface area (Å²) in [5.74, 6) is 0.530. The summed E-state index contributed by atoms with van der Waals surface area (Å²) in [6, 6.07) is 1.88. The number of fused-ring (bicyclic) bond motifs is 1. The molecule has 1 aliphatic carbocycles. The van der Waals surface area contributed by atoms with Crippen molar-refractivity contribution in [1.82, 2.24) is 14.1 Å². The maximum Gasteiger partial charge on any atom is 0.214 e. The molecule has 21 heavy (non-hydrogen) atoms. The number of aliphatic hydroxyl groups is 1. The van der Waals surface area contributed by atoms with Gasteiger partial charge in [-0.1, -0.05) is 6.92 Å². The van der Waals surface area contributed by atoms with Crippen LogP contribution < -0.4 is 0 Å². The molecule has 1 aliphatic heterocycles. The molecular formula is C14H23N3O3S. The molecule has 3 rings (SSSR count). The van der Waals surface area contributed by atoms with Crippen LogP contribution in [0.5, 0.6) is 0 Å². The van der Waals surface area contributed by atoms with Gasteiger partial charge >= 0.3 is 0 Å². The molecule has 7 heteroatoms. The van der Waals surface area contributed by atoms with Crippen LogP contribution in [0.15, 0.2) is 6.07 Å². The van der Waals surface area contributed by atoms with E-state index in [-0.39, 0.29) is 5.75 Å². The smallest absolute Gasteiger partial charge is 0.214 e. The highest BCUT2D eigenvalue weighted by molar-refractivity contribution is 7.89. The minimum absolute atomic E-state index is 0.193. The molecule has 1 aromatic heterocycles. The largest absolute Gasteiger partial charge is 0.386 e. The lowest BCUT2D eigenvalue weighted by molar-refractivity contribution is 0.148. The van der Waals surface area contributed by atoms with Crippen molar-refractivity contribution in [1.29, 1.82) is 0 Å². The zero-order chi connectivity index (χ0) is 15.0. The minimum atomic E-state index is -3.18. The van der Waals surface area contributed by atoms with Gasteiger partial charge in [0.2, 0.25) is 10.0 Å². The number of aryl methyl sites for hydroxylation is 1. The second-order valence-electron chi connectivity index (χ2n) is 6.07. The first kappa shape index (κ1) is 15.0. The van der Waals surface area contributed by atoms with Gasteiger partial charge in [0.15, 0.2) is 0 Å². The lowest BCUT2D eigenvalue weighted by Gasteiger charge is -2.19. The standard InChI is InChI=1S/C14H23N3O3S/c1-2-8-21(19,20)16-6-3-7-17-12(10-16)9-13(15-17)14(18)11-4-5-11/h9,11,14,18H,2-8,10H2,1H3/t14-/m1/s1. The van der Waals surface area contributed by atoms with Crippen molar-refractivity contribution < 1.29 is 13.5 Å². The minimum Gasteiger partial charge on any atom is -0.386 e. The lowest BCUT2D eigenvalue weighted by Crippen LogP contribution is -2.32. The average Bonchev–Trinajstić information content (AvgIpc) is 3.22. The fourth-order valence-corrected chi connectivity index (χ4v) is 4.39. The van der Waals surface area contributed by atoms with Gasteiger partial charge in [-0.2, -0.15) is 9.40 Å². The van der Waals surface area contributed by atoms with Crippen molar-refractivity contribution in [2.45, 2.75) is 51.8 Å². The predicted octanol–water partition coefficient (Wildman–Crippen LogP) is 1.27. The van der Waals surface area contributed by atoms with Crippen LogP contribution in [-0.4, -0.2) is 39.9 Å². The maximum absolute atomic E-state index is 12.3. The first-order valence-corrected chi connectivity index (χ1v) is 9.34. The van der Waals surface area contributed by atoms with Crippen molar-refractivity contribution in [3.8, 4) is 0 Å². The molecule has 2 heterocycles. The number of rotatable bonds is 5. The van der Waals surface area contributed by atoms with Gasteiger partial charge in [0, 0.05) is 13.1 Å². The molecule has 6 nitrogen and oxygen atoms in total. The SMILES string of the molecule is CCCS(=O)(=O)N1CCCn2nc([C@H](O)C3CC3)cc2C1. The third-order valence-electron chi connectivity index (χ3n) is 4.23. The van der Waals surface area contributed by atoms with E-state index < -0.39 is 16.1 Å². The molecule has 0 saturated heterocycles. The summed E-state index contributed by atoms with van der Waals surface area (Å²) in [4.78, 5) is 0. The van der Waals surface area contributed by atoms with Crippen LogP contribution in [0, 0.1) is 5.92 Å². The molecule has 2 aliphatic rings. The summed E-state index contributed by atoms with van der Waals surface area (Å²) in [7, 11) is -3.18. The first-order chi connectivity index (χ1) is 10.0. The quantitative estimate of drug-likeness (QED) is 0.888. The van der Waals surface area contributed by atoms with Crippen molar-refractivity contribution in [3.05, 3.63) is 17.5 Å². The van der Waals surface area contributed by atoms with Crippen LogP contribution in [0.3, 0.4) is 0 Å².